The van der Waals surface area contributed by atoms with Crippen molar-refractivity contribution in [3.63, 3.8) is 0 Å². The van der Waals surface area contributed by atoms with E-state index in [9.17, 15) is 0 Å². The molecule has 3 rings (SSSR count). The van der Waals surface area contributed by atoms with Gasteiger partial charge in [0, 0.05) is 10.9 Å². The fraction of sp³-hybridized carbons (Fsp3) is 0.0833. The Hall–Kier alpha value is -2.61. The molecule has 0 radical (unpaired) electrons. The van der Waals surface area contributed by atoms with E-state index in [-0.39, 0.29) is 6.61 Å². The molecule has 0 fully saturated rings. The molecule has 0 unspecified atom stereocenters. The smallest absolute Gasteiger partial charge is 0.267 e. The Balaban J connectivity index is 1.61. The van der Waals surface area contributed by atoms with Gasteiger partial charge in [-0.25, -0.2) is 0 Å². The molecule has 0 aromatic carbocycles. The molecule has 0 saturated carbocycles. The van der Waals surface area contributed by atoms with E-state index in [4.69, 9.17) is 19.5 Å². The first-order valence-corrected chi connectivity index (χ1v) is 6.60. The number of aromatic nitrogens is 2. The third-order valence-electron chi connectivity index (χ3n) is 2.42. The molecule has 0 aliphatic rings. The summed E-state index contributed by atoms with van der Waals surface area (Å²) in [6.45, 7) is 0.0513. The average molecular weight is 290 g/mol. The highest BCUT2D eigenvalue weighted by Gasteiger charge is 2.10. The van der Waals surface area contributed by atoms with Crippen molar-refractivity contribution in [1.29, 1.82) is 0 Å². The van der Waals surface area contributed by atoms with E-state index in [2.05, 4.69) is 15.3 Å². The Morgan fingerprint density at radius 1 is 1.45 bits per heavy atom. The summed E-state index contributed by atoms with van der Waals surface area (Å²) in [5.74, 6) is 1.05. The second-order valence-corrected chi connectivity index (χ2v) is 4.57. The van der Waals surface area contributed by atoms with Gasteiger partial charge in [0.1, 0.15) is 6.26 Å². The van der Waals surface area contributed by atoms with Gasteiger partial charge >= 0.3 is 0 Å². The molecular formula is C12H10N4O3S. The zero-order chi connectivity index (χ0) is 13.8. The maximum absolute atomic E-state index is 5.74. The highest BCUT2D eigenvalue weighted by atomic mass is 32.1. The molecule has 0 spiro atoms. The van der Waals surface area contributed by atoms with Crippen molar-refractivity contribution in [2.24, 2.45) is 10.9 Å². The van der Waals surface area contributed by atoms with Crippen LogP contribution in [0.15, 0.2) is 49.5 Å². The van der Waals surface area contributed by atoms with Crippen LogP contribution in [0, 0.1) is 0 Å². The summed E-state index contributed by atoms with van der Waals surface area (Å²) in [6, 6.07) is 3.60. The van der Waals surface area contributed by atoms with Crippen LogP contribution in [0.4, 0.5) is 0 Å². The van der Waals surface area contributed by atoms with Crippen LogP contribution in [-0.4, -0.2) is 16.0 Å². The first kappa shape index (κ1) is 12.4. The monoisotopic (exact) mass is 290 g/mol. The van der Waals surface area contributed by atoms with Gasteiger partial charge in [0.2, 0.25) is 5.82 Å². The lowest BCUT2D eigenvalue weighted by Crippen LogP contribution is -2.12. The predicted octanol–water partition coefficient (Wildman–Crippen LogP) is 2.23. The minimum atomic E-state index is 0.0513. The third kappa shape index (κ3) is 2.69. The fourth-order valence-corrected chi connectivity index (χ4v) is 2.09. The van der Waals surface area contributed by atoms with Crippen LogP contribution in [0.2, 0.25) is 0 Å². The van der Waals surface area contributed by atoms with Gasteiger partial charge in [0.25, 0.3) is 5.89 Å². The number of nitrogens with two attached hydrogens (primary N) is 1. The van der Waals surface area contributed by atoms with Gasteiger partial charge in [-0.3, -0.25) is 0 Å². The Morgan fingerprint density at radius 2 is 2.40 bits per heavy atom. The van der Waals surface area contributed by atoms with Crippen LogP contribution in [0.3, 0.4) is 0 Å². The van der Waals surface area contributed by atoms with E-state index in [0.717, 1.165) is 11.1 Å². The van der Waals surface area contributed by atoms with E-state index in [1.807, 2.05) is 16.8 Å². The Kier molecular flexibility index (Phi) is 3.46. The molecule has 20 heavy (non-hydrogen) atoms. The molecule has 0 bridgehead atoms. The van der Waals surface area contributed by atoms with Crippen LogP contribution < -0.4 is 5.73 Å². The number of hydrogen-bond donors (Lipinski definition) is 1. The van der Waals surface area contributed by atoms with Gasteiger partial charge in [-0.15, -0.1) is 0 Å². The highest BCUT2D eigenvalue weighted by Crippen LogP contribution is 2.16. The molecule has 2 N–H and O–H groups in total. The molecule has 0 aliphatic heterocycles. The lowest BCUT2D eigenvalue weighted by atomic mass is 10.3. The molecule has 0 aliphatic carbocycles. The summed E-state index contributed by atoms with van der Waals surface area (Å²) in [4.78, 5) is 9.23. The van der Waals surface area contributed by atoms with Crippen molar-refractivity contribution in [2.75, 3.05) is 0 Å². The largest absolute Gasteiger partial charge is 0.472 e. The number of oxime groups is 1. The maximum Gasteiger partial charge on any atom is 0.267 e. The second-order valence-electron chi connectivity index (χ2n) is 3.79. The standard InChI is InChI=1S/C12H10N4O3S/c13-11(9-2-4-20-7-9)15-18-6-10-14-12(16-19-10)8-1-3-17-5-8/h1-5,7H,6H2,(H2,13,15). The Morgan fingerprint density at radius 3 is 3.15 bits per heavy atom. The van der Waals surface area contributed by atoms with Crippen LogP contribution >= 0.6 is 11.3 Å². The lowest BCUT2D eigenvalue weighted by Gasteiger charge is -1.96. The molecule has 102 valence electrons. The van der Waals surface area contributed by atoms with Crippen molar-refractivity contribution in [3.8, 4) is 11.4 Å². The van der Waals surface area contributed by atoms with Crippen molar-refractivity contribution in [1.82, 2.24) is 10.1 Å². The van der Waals surface area contributed by atoms with Gasteiger partial charge in [0.05, 0.1) is 11.8 Å². The number of amidine groups is 1. The summed E-state index contributed by atoms with van der Waals surface area (Å²) >= 11 is 1.53. The number of thiophene rings is 1. The predicted molar refractivity (Wildman–Crippen MR) is 71.8 cm³/mol. The van der Waals surface area contributed by atoms with E-state index in [1.54, 1.807) is 6.07 Å². The number of furan rings is 1. The van der Waals surface area contributed by atoms with E-state index < -0.39 is 0 Å². The van der Waals surface area contributed by atoms with Crippen molar-refractivity contribution in [2.45, 2.75) is 6.61 Å². The Labute approximate surface area is 117 Å². The zero-order valence-electron chi connectivity index (χ0n) is 10.2. The quantitative estimate of drug-likeness (QED) is 0.439. The molecule has 3 heterocycles. The first-order chi connectivity index (χ1) is 9.83. The number of nitrogens with zero attached hydrogens (tertiary/aromatic N) is 3. The molecule has 0 saturated heterocycles. The van der Waals surface area contributed by atoms with Crippen molar-refractivity contribution in [3.05, 3.63) is 46.9 Å². The van der Waals surface area contributed by atoms with Crippen molar-refractivity contribution >= 4 is 17.2 Å². The maximum atomic E-state index is 5.74. The average Bonchev–Trinajstić information content (AvgIpc) is 3.20. The van der Waals surface area contributed by atoms with E-state index in [1.165, 1.54) is 23.9 Å². The minimum absolute atomic E-state index is 0.0513. The van der Waals surface area contributed by atoms with Crippen LogP contribution in [0.5, 0.6) is 0 Å². The van der Waals surface area contributed by atoms with Gasteiger partial charge < -0.3 is 19.5 Å². The minimum Gasteiger partial charge on any atom is -0.472 e. The van der Waals surface area contributed by atoms with Gasteiger partial charge in [0.15, 0.2) is 12.4 Å². The molecule has 3 aromatic heterocycles. The highest BCUT2D eigenvalue weighted by molar-refractivity contribution is 7.08. The SMILES string of the molecule is NC(=NOCc1nc(-c2ccoc2)no1)c1ccsc1. The number of hydrogen-bond acceptors (Lipinski definition) is 7. The molecule has 0 amide bonds. The topological polar surface area (TPSA) is 99.7 Å². The molecule has 7 nitrogen and oxygen atoms in total. The van der Waals surface area contributed by atoms with E-state index >= 15 is 0 Å². The van der Waals surface area contributed by atoms with Gasteiger partial charge in [-0.05, 0) is 17.5 Å². The van der Waals surface area contributed by atoms with Gasteiger partial charge in [-0.1, -0.05) is 10.3 Å². The van der Waals surface area contributed by atoms with Crippen molar-refractivity contribution < 1.29 is 13.8 Å². The summed E-state index contributed by atoms with van der Waals surface area (Å²) < 4.78 is 9.97. The molecule has 8 heteroatoms. The first-order valence-electron chi connectivity index (χ1n) is 5.66. The van der Waals surface area contributed by atoms with Gasteiger partial charge in [-0.2, -0.15) is 16.3 Å². The number of rotatable bonds is 5. The summed E-state index contributed by atoms with van der Waals surface area (Å²) in [5.41, 5.74) is 7.29. The van der Waals surface area contributed by atoms with Crippen LogP contribution in [0.25, 0.3) is 11.4 Å². The molecule has 0 atom stereocenters. The second kappa shape index (κ2) is 5.57. The normalized spacial score (nSPS) is 11.7. The summed E-state index contributed by atoms with van der Waals surface area (Å²) in [5, 5.41) is 11.4. The zero-order valence-corrected chi connectivity index (χ0v) is 11.0. The van der Waals surface area contributed by atoms with Crippen LogP contribution in [0.1, 0.15) is 11.5 Å². The third-order valence-corrected chi connectivity index (χ3v) is 3.10. The molecular weight excluding hydrogens is 280 g/mol. The summed E-state index contributed by atoms with van der Waals surface area (Å²) in [6.07, 6.45) is 3.07. The Bertz CT molecular complexity index is 688. The van der Waals surface area contributed by atoms with Crippen LogP contribution in [-0.2, 0) is 11.4 Å². The van der Waals surface area contributed by atoms with E-state index in [0.29, 0.717) is 17.6 Å². The summed E-state index contributed by atoms with van der Waals surface area (Å²) in [7, 11) is 0. The molecule has 3 aromatic rings. The fourth-order valence-electron chi connectivity index (χ4n) is 1.44. The lowest BCUT2D eigenvalue weighted by molar-refractivity contribution is 0.105.